The maximum Gasteiger partial charge on any atom is 0.410 e. The summed E-state index contributed by atoms with van der Waals surface area (Å²) in [7, 11) is 0. The van der Waals surface area contributed by atoms with E-state index in [-0.39, 0.29) is 50.8 Å². The molecule has 3 amide bonds. The quantitative estimate of drug-likeness (QED) is 0.181. The number of aromatic amines is 1. The first-order valence-corrected chi connectivity index (χ1v) is 15.6. The third-order valence-electron chi connectivity index (χ3n) is 7.36. The number of fused-ring (bicyclic) bond motifs is 1. The van der Waals surface area contributed by atoms with Crippen LogP contribution in [0.4, 0.5) is 14.9 Å². The highest BCUT2D eigenvalue weighted by atomic mass is 35.5. The molecular weight excluding hydrogens is 648 g/mol. The molecule has 5 rings (SSSR count). The molecule has 0 spiro atoms. The van der Waals surface area contributed by atoms with Crippen LogP contribution < -0.4 is 15.4 Å². The molecule has 1 aliphatic rings. The van der Waals surface area contributed by atoms with Crippen molar-refractivity contribution in [1.82, 2.24) is 15.2 Å². The molecule has 1 atom stereocenters. The molecule has 2 heterocycles. The number of hydrogen-bond acceptors (Lipinski definition) is 6. The first-order chi connectivity index (χ1) is 22.3. The summed E-state index contributed by atoms with van der Waals surface area (Å²) < 4.78 is 26.6. The molecule has 1 saturated heterocycles. The molecular formula is C34H32Cl2FN5O5. The van der Waals surface area contributed by atoms with Gasteiger partial charge in [-0.15, -0.1) is 0 Å². The molecule has 0 radical (unpaired) electrons. The number of carbonyl (C=O) groups excluding carboxylic acids is 3. The molecule has 0 saturated carbocycles. The van der Waals surface area contributed by atoms with Gasteiger partial charge in [-0.05, 0) is 88.6 Å². The van der Waals surface area contributed by atoms with E-state index in [4.69, 9.17) is 32.7 Å². The third-order valence-corrected chi connectivity index (χ3v) is 7.87. The lowest BCUT2D eigenvalue weighted by molar-refractivity contribution is -0.122. The summed E-state index contributed by atoms with van der Waals surface area (Å²) in [6.45, 7) is 5.60. The van der Waals surface area contributed by atoms with E-state index in [0.717, 1.165) is 12.8 Å². The zero-order valence-electron chi connectivity index (χ0n) is 25.9. The molecule has 3 N–H and O–H groups in total. The Bertz CT molecular complexity index is 1900. The fourth-order valence-corrected chi connectivity index (χ4v) is 5.59. The van der Waals surface area contributed by atoms with Gasteiger partial charge in [0.15, 0.2) is 11.6 Å². The normalized spacial score (nSPS) is 14.7. The second kappa shape index (κ2) is 13.9. The molecule has 13 heteroatoms. The average Bonchev–Trinajstić information content (AvgIpc) is 3.45. The van der Waals surface area contributed by atoms with E-state index in [1.54, 1.807) is 45.0 Å². The van der Waals surface area contributed by atoms with Crippen LogP contribution in [0.25, 0.3) is 10.9 Å². The summed E-state index contributed by atoms with van der Waals surface area (Å²) in [6.07, 6.45) is 1.60. The lowest BCUT2D eigenvalue weighted by atomic mass is 10.0. The van der Waals surface area contributed by atoms with Gasteiger partial charge in [0, 0.05) is 40.3 Å². The highest BCUT2D eigenvalue weighted by Gasteiger charge is 2.35. The predicted octanol–water partition coefficient (Wildman–Crippen LogP) is 7.94. The standard InChI is InChI=1S/C34H32Cl2FN5O5/c1-34(2,3)47-33(45)42-11-5-4-6-28(42)32(44)40-23-8-10-26-21(14-23)15-27(41-26)31(43)39-18-20-7-9-25(36)30(29(20)37)46-24-13-19(17-38)12-22(35)16-24/h7-10,12-16,28,41H,4-6,11,18H2,1-3H3,(H,39,43)(H,40,44)/t28-/m0/s1. The molecule has 1 fully saturated rings. The average molecular weight is 681 g/mol. The second-order valence-electron chi connectivity index (χ2n) is 12.1. The van der Waals surface area contributed by atoms with E-state index in [1.807, 2.05) is 6.07 Å². The summed E-state index contributed by atoms with van der Waals surface area (Å²) in [5.41, 5.74) is 1.04. The molecule has 47 heavy (non-hydrogen) atoms. The van der Waals surface area contributed by atoms with E-state index < -0.39 is 29.5 Å². The molecule has 10 nitrogen and oxygen atoms in total. The molecule has 0 bridgehead atoms. The van der Waals surface area contributed by atoms with Gasteiger partial charge in [0.1, 0.15) is 23.1 Å². The van der Waals surface area contributed by atoms with E-state index in [0.29, 0.717) is 29.6 Å². The van der Waals surface area contributed by atoms with Gasteiger partial charge in [-0.25, -0.2) is 9.18 Å². The van der Waals surface area contributed by atoms with Gasteiger partial charge >= 0.3 is 6.09 Å². The van der Waals surface area contributed by atoms with Crippen molar-refractivity contribution in [2.45, 2.75) is 58.2 Å². The van der Waals surface area contributed by atoms with Crippen molar-refractivity contribution in [3.05, 3.63) is 87.3 Å². The lowest BCUT2D eigenvalue weighted by Gasteiger charge is -2.35. The van der Waals surface area contributed by atoms with Gasteiger partial charge in [0.2, 0.25) is 5.91 Å². The van der Waals surface area contributed by atoms with Gasteiger partial charge in [-0.3, -0.25) is 14.5 Å². The summed E-state index contributed by atoms with van der Waals surface area (Å²) in [4.78, 5) is 43.5. The van der Waals surface area contributed by atoms with Crippen LogP contribution in [-0.4, -0.2) is 46.0 Å². The van der Waals surface area contributed by atoms with Crippen molar-refractivity contribution in [3.63, 3.8) is 0 Å². The molecule has 1 aromatic heterocycles. The number of ether oxygens (including phenoxy) is 2. The molecule has 0 aliphatic carbocycles. The molecule has 3 aromatic carbocycles. The van der Waals surface area contributed by atoms with Gasteiger partial charge in [-0.2, -0.15) is 5.26 Å². The van der Waals surface area contributed by atoms with Crippen LogP contribution in [0.1, 0.15) is 61.6 Å². The van der Waals surface area contributed by atoms with Crippen LogP contribution in [0.3, 0.4) is 0 Å². The first-order valence-electron chi connectivity index (χ1n) is 14.9. The van der Waals surface area contributed by atoms with Gasteiger partial charge in [0.05, 0.1) is 16.7 Å². The van der Waals surface area contributed by atoms with E-state index >= 15 is 4.39 Å². The maximum absolute atomic E-state index is 15.4. The van der Waals surface area contributed by atoms with Crippen LogP contribution in [-0.2, 0) is 16.1 Å². The summed E-state index contributed by atoms with van der Waals surface area (Å²) in [5.74, 6) is -1.74. The maximum atomic E-state index is 15.4. The van der Waals surface area contributed by atoms with Gasteiger partial charge in [-0.1, -0.05) is 29.3 Å². The van der Waals surface area contributed by atoms with Gasteiger partial charge < -0.3 is 25.1 Å². The summed E-state index contributed by atoms with van der Waals surface area (Å²) in [5, 5.41) is 15.6. The van der Waals surface area contributed by atoms with Crippen LogP contribution in [0.2, 0.25) is 10.0 Å². The van der Waals surface area contributed by atoms with Crippen LogP contribution >= 0.6 is 23.2 Å². The van der Waals surface area contributed by atoms with Crippen LogP contribution in [0.5, 0.6) is 11.5 Å². The van der Waals surface area contributed by atoms with E-state index in [2.05, 4.69) is 15.6 Å². The van der Waals surface area contributed by atoms with Crippen molar-refractivity contribution < 1.29 is 28.2 Å². The number of H-pyrrole nitrogens is 1. The predicted molar refractivity (Wildman–Crippen MR) is 176 cm³/mol. The fourth-order valence-electron chi connectivity index (χ4n) is 5.18. The minimum Gasteiger partial charge on any atom is -0.453 e. The Morgan fingerprint density at radius 2 is 1.87 bits per heavy atom. The SMILES string of the molecule is CC(C)(C)OC(=O)N1CCCC[C@H]1C(=O)Nc1ccc2[nH]c(C(=O)NCc3ccc(Cl)c(Oc4cc(Cl)cc(C#N)c4)c3F)cc2c1. The lowest BCUT2D eigenvalue weighted by Crippen LogP contribution is -2.51. The summed E-state index contributed by atoms with van der Waals surface area (Å²) >= 11 is 12.2. The van der Waals surface area contributed by atoms with Crippen LogP contribution in [0.15, 0.2) is 54.6 Å². The molecule has 1 aliphatic heterocycles. The number of nitrogens with zero attached hydrogens (tertiary/aromatic N) is 2. The zero-order chi connectivity index (χ0) is 33.9. The largest absolute Gasteiger partial charge is 0.453 e. The van der Waals surface area contributed by atoms with E-state index in [9.17, 15) is 19.6 Å². The van der Waals surface area contributed by atoms with Crippen molar-refractivity contribution in [2.75, 3.05) is 11.9 Å². The van der Waals surface area contributed by atoms with E-state index in [1.165, 1.54) is 35.2 Å². The number of likely N-dealkylation sites (tertiary alicyclic amines) is 1. The monoisotopic (exact) mass is 679 g/mol. The number of nitriles is 1. The number of hydrogen-bond donors (Lipinski definition) is 3. The minimum atomic E-state index is -0.781. The number of benzene rings is 3. The third kappa shape index (κ3) is 8.14. The number of amides is 3. The topological polar surface area (TPSA) is 137 Å². The first kappa shape index (κ1) is 33.6. The number of anilines is 1. The fraction of sp³-hybridized carbons (Fsp3) is 0.294. The van der Waals surface area contributed by atoms with Crippen molar-refractivity contribution >= 4 is 57.7 Å². The Balaban J connectivity index is 1.25. The van der Waals surface area contributed by atoms with Crippen molar-refractivity contribution in [1.29, 1.82) is 5.26 Å². The Morgan fingerprint density at radius 1 is 1.09 bits per heavy atom. The zero-order valence-corrected chi connectivity index (χ0v) is 27.4. The Hall–Kier alpha value is -4.79. The highest BCUT2D eigenvalue weighted by Crippen LogP contribution is 2.35. The Morgan fingerprint density at radius 3 is 2.62 bits per heavy atom. The van der Waals surface area contributed by atoms with Crippen molar-refractivity contribution in [3.8, 4) is 17.6 Å². The van der Waals surface area contributed by atoms with Gasteiger partial charge in [0.25, 0.3) is 5.91 Å². The smallest absolute Gasteiger partial charge is 0.410 e. The molecule has 0 unspecified atom stereocenters. The Kier molecular flexibility index (Phi) is 9.94. The number of piperidine rings is 1. The molecule has 4 aromatic rings. The number of halogens is 3. The number of nitrogens with one attached hydrogen (secondary N) is 3. The molecule has 244 valence electrons. The van der Waals surface area contributed by atoms with Crippen molar-refractivity contribution in [2.24, 2.45) is 0 Å². The summed E-state index contributed by atoms with van der Waals surface area (Å²) in [6, 6.07) is 15.2. The number of rotatable bonds is 7. The second-order valence-corrected chi connectivity index (χ2v) is 12.9. The minimum absolute atomic E-state index is 0.00407. The van der Waals surface area contributed by atoms with Crippen LogP contribution in [0, 0.1) is 17.1 Å². The number of carbonyl (C=O) groups is 3. The Labute approximate surface area is 280 Å². The number of aromatic nitrogens is 1. The highest BCUT2D eigenvalue weighted by molar-refractivity contribution is 6.32.